The van der Waals surface area contributed by atoms with E-state index in [0.29, 0.717) is 5.56 Å². The Morgan fingerprint density at radius 1 is 1.22 bits per heavy atom. The van der Waals surface area contributed by atoms with Crippen LogP contribution in [0.3, 0.4) is 0 Å². The summed E-state index contributed by atoms with van der Waals surface area (Å²) in [6.45, 7) is 1.71. The second-order valence-electron chi connectivity index (χ2n) is 4.94. The van der Waals surface area contributed by atoms with Gasteiger partial charge in [-0.15, -0.1) is 0 Å². The number of pyridine rings is 1. The Hall–Kier alpha value is -2.89. The third-order valence-electron chi connectivity index (χ3n) is 3.70. The third-order valence-corrected chi connectivity index (χ3v) is 3.70. The molecular formula is C17H18N2O4. The summed E-state index contributed by atoms with van der Waals surface area (Å²) in [5.74, 6) is -1.53. The fourth-order valence-corrected chi connectivity index (χ4v) is 2.40. The number of benzene rings is 1. The zero-order valence-electron chi connectivity index (χ0n) is 12.9. The van der Waals surface area contributed by atoms with Gasteiger partial charge in [-0.25, -0.2) is 9.78 Å². The van der Waals surface area contributed by atoms with Crippen LogP contribution in [0.4, 0.5) is 0 Å². The summed E-state index contributed by atoms with van der Waals surface area (Å²) in [7, 11) is 1.40. The zero-order chi connectivity index (χ0) is 16.9. The Balaban J connectivity index is 2.43. The van der Waals surface area contributed by atoms with Crippen LogP contribution in [0.5, 0.6) is 5.88 Å². The molecular weight excluding hydrogens is 296 g/mol. The highest BCUT2D eigenvalue weighted by Gasteiger charge is 2.40. The maximum Gasteiger partial charge on any atom is 0.334 e. The van der Waals surface area contributed by atoms with Gasteiger partial charge >= 0.3 is 5.97 Å². The summed E-state index contributed by atoms with van der Waals surface area (Å²) in [5, 5.41) is 12.4. The van der Waals surface area contributed by atoms with Crippen molar-refractivity contribution in [2.24, 2.45) is 0 Å². The number of amides is 1. The van der Waals surface area contributed by atoms with E-state index in [4.69, 9.17) is 4.74 Å². The van der Waals surface area contributed by atoms with Crippen LogP contribution in [0.25, 0.3) is 0 Å². The normalized spacial score (nSPS) is 13.0. The van der Waals surface area contributed by atoms with E-state index in [1.54, 1.807) is 43.3 Å². The predicted molar refractivity (Wildman–Crippen MR) is 84.3 cm³/mol. The average Bonchev–Trinajstić information content (AvgIpc) is 2.60. The molecule has 0 bridgehead atoms. The SMILES string of the molecule is CCC(NC(=O)c1cccnc1OC)(C(=O)O)c1ccccc1. The predicted octanol–water partition coefficient (Wildman–Crippen LogP) is 2.21. The molecule has 23 heavy (non-hydrogen) atoms. The molecule has 0 aliphatic rings. The first-order chi connectivity index (χ1) is 11.0. The van der Waals surface area contributed by atoms with Crippen molar-refractivity contribution in [3.8, 4) is 5.88 Å². The van der Waals surface area contributed by atoms with Crippen LogP contribution in [0.1, 0.15) is 29.3 Å². The maximum absolute atomic E-state index is 12.6. The van der Waals surface area contributed by atoms with Gasteiger partial charge in [-0.05, 0) is 24.1 Å². The van der Waals surface area contributed by atoms with Gasteiger partial charge in [0, 0.05) is 6.20 Å². The lowest BCUT2D eigenvalue weighted by Crippen LogP contribution is -2.51. The Bertz CT molecular complexity index is 703. The highest BCUT2D eigenvalue weighted by molar-refractivity contribution is 5.99. The van der Waals surface area contributed by atoms with Crippen LogP contribution in [0, 0.1) is 0 Å². The monoisotopic (exact) mass is 314 g/mol. The largest absolute Gasteiger partial charge is 0.480 e. The van der Waals surface area contributed by atoms with Crippen molar-refractivity contribution >= 4 is 11.9 Å². The summed E-state index contributed by atoms with van der Waals surface area (Å²) in [6.07, 6.45) is 1.69. The first-order valence-electron chi connectivity index (χ1n) is 7.15. The molecule has 2 aromatic rings. The van der Waals surface area contributed by atoms with Gasteiger partial charge in [0.2, 0.25) is 5.88 Å². The molecule has 0 aliphatic carbocycles. The van der Waals surface area contributed by atoms with Crippen LogP contribution in [-0.2, 0) is 10.3 Å². The Morgan fingerprint density at radius 3 is 2.48 bits per heavy atom. The quantitative estimate of drug-likeness (QED) is 0.853. The molecule has 0 saturated heterocycles. The van der Waals surface area contributed by atoms with E-state index in [0.717, 1.165) is 0 Å². The molecule has 1 unspecified atom stereocenters. The van der Waals surface area contributed by atoms with E-state index in [1.165, 1.54) is 19.4 Å². The first kappa shape index (κ1) is 16.5. The van der Waals surface area contributed by atoms with Crippen molar-refractivity contribution in [1.29, 1.82) is 0 Å². The summed E-state index contributed by atoms with van der Waals surface area (Å²) < 4.78 is 5.06. The van der Waals surface area contributed by atoms with E-state index in [1.807, 2.05) is 0 Å². The zero-order valence-corrected chi connectivity index (χ0v) is 12.9. The van der Waals surface area contributed by atoms with E-state index in [2.05, 4.69) is 10.3 Å². The summed E-state index contributed by atoms with van der Waals surface area (Å²) >= 11 is 0. The highest BCUT2D eigenvalue weighted by Crippen LogP contribution is 2.27. The first-order valence-corrected chi connectivity index (χ1v) is 7.15. The van der Waals surface area contributed by atoms with Crippen LogP contribution in [0.15, 0.2) is 48.7 Å². The van der Waals surface area contributed by atoms with Gasteiger partial charge < -0.3 is 15.2 Å². The van der Waals surface area contributed by atoms with Gasteiger partial charge in [0.15, 0.2) is 5.54 Å². The molecule has 0 spiro atoms. The molecule has 1 heterocycles. The number of hydrogen-bond acceptors (Lipinski definition) is 4. The second-order valence-corrected chi connectivity index (χ2v) is 4.94. The molecule has 1 aromatic carbocycles. The molecule has 1 amide bonds. The lowest BCUT2D eigenvalue weighted by atomic mass is 9.87. The fourth-order valence-electron chi connectivity index (χ4n) is 2.40. The Kier molecular flexibility index (Phi) is 4.95. The number of aromatic nitrogens is 1. The molecule has 120 valence electrons. The summed E-state index contributed by atoms with van der Waals surface area (Å²) in [6, 6.07) is 11.7. The average molecular weight is 314 g/mol. The number of carbonyl (C=O) groups is 2. The van der Waals surface area contributed by atoms with Crippen LogP contribution in [-0.4, -0.2) is 29.1 Å². The molecule has 0 fully saturated rings. The van der Waals surface area contributed by atoms with Gasteiger partial charge in [-0.1, -0.05) is 37.3 Å². The minimum atomic E-state index is -1.51. The van der Waals surface area contributed by atoms with Gasteiger partial charge in [0.05, 0.1) is 7.11 Å². The van der Waals surface area contributed by atoms with Crippen LogP contribution in [0.2, 0.25) is 0 Å². The third kappa shape index (κ3) is 3.15. The highest BCUT2D eigenvalue weighted by atomic mass is 16.5. The smallest absolute Gasteiger partial charge is 0.334 e. The Labute approximate surface area is 134 Å². The number of hydrogen-bond donors (Lipinski definition) is 2. The van der Waals surface area contributed by atoms with Gasteiger partial charge in [0.1, 0.15) is 5.56 Å². The van der Waals surface area contributed by atoms with E-state index in [9.17, 15) is 14.7 Å². The second kappa shape index (κ2) is 6.91. The number of methoxy groups -OCH3 is 1. The molecule has 6 nitrogen and oxygen atoms in total. The number of aliphatic carboxylic acids is 1. The van der Waals surface area contributed by atoms with E-state index >= 15 is 0 Å². The minimum absolute atomic E-state index is 0.147. The molecule has 1 aromatic heterocycles. The van der Waals surface area contributed by atoms with Crippen molar-refractivity contribution in [3.05, 3.63) is 59.8 Å². The number of ether oxygens (including phenoxy) is 1. The lowest BCUT2D eigenvalue weighted by Gasteiger charge is -2.30. The lowest BCUT2D eigenvalue weighted by molar-refractivity contribution is -0.145. The molecule has 6 heteroatoms. The van der Waals surface area contributed by atoms with Crippen molar-refractivity contribution in [3.63, 3.8) is 0 Å². The number of carbonyl (C=O) groups excluding carboxylic acids is 1. The molecule has 0 radical (unpaired) electrons. The minimum Gasteiger partial charge on any atom is -0.480 e. The topological polar surface area (TPSA) is 88.5 Å². The van der Waals surface area contributed by atoms with Gasteiger partial charge in [-0.3, -0.25) is 4.79 Å². The summed E-state index contributed by atoms with van der Waals surface area (Å²) in [5.41, 5.74) is -0.824. The standard InChI is InChI=1S/C17H18N2O4/c1-3-17(16(21)22,12-8-5-4-6-9-12)19-14(20)13-10-7-11-18-15(13)23-2/h4-11H,3H2,1-2H3,(H,19,20)(H,21,22). The van der Waals surface area contributed by atoms with Crippen molar-refractivity contribution in [1.82, 2.24) is 10.3 Å². The fraction of sp³-hybridized carbons (Fsp3) is 0.235. The summed E-state index contributed by atoms with van der Waals surface area (Å²) in [4.78, 5) is 28.5. The van der Waals surface area contributed by atoms with Crippen LogP contribution < -0.4 is 10.1 Å². The number of carboxylic acid groups (broad SMARTS) is 1. The Morgan fingerprint density at radius 2 is 1.91 bits per heavy atom. The number of nitrogens with one attached hydrogen (secondary N) is 1. The van der Waals surface area contributed by atoms with Gasteiger partial charge in [0.25, 0.3) is 5.91 Å². The molecule has 0 aliphatic heterocycles. The number of nitrogens with zero attached hydrogens (tertiary/aromatic N) is 1. The van der Waals surface area contributed by atoms with E-state index in [-0.39, 0.29) is 17.9 Å². The maximum atomic E-state index is 12.6. The van der Waals surface area contributed by atoms with Gasteiger partial charge in [-0.2, -0.15) is 0 Å². The number of carboxylic acids is 1. The molecule has 1 atom stereocenters. The molecule has 0 saturated carbocycles. The van der Waals surface area contributed by atoms with Crippen molar-refractivity contribution < 1.29 is 19.4 Å². The van der Waals surface area contributed by atoms with Crippen LogP contribution >= 0.6 is 0 Å². The van der Waals surface area contributed by atoms with Crippen molar-refractivity contribution in [2.75, 3.05) is 7.11 Å². The van der Waals surface area contributed by atoms with Crippen molar-refractivity contribution in [2.45, 2.75) is 18.9 Å². The van der Waals surface area contributed by atoms with E-state index < -0.39 is 17.4 Å². The molecule has 2 rings (SSSR count). The molecule has 2 N–H and O–H groups in total. The number of rotatable bonds is 6.